The summed E-state index contributed by atoms with van der Waals surface area (Å²) in [5.74, 6) is 1.28. The Kier molecular flexibility index (Phi) is 2.50. The molecule has 82 valence electrons. The van der Waals surface area contributed by atoms with Crippen molar-refractivity contribution in [3.8, 4) is 0 Å². The normalized spacial score (nSPS) is 20.3. The maximum absolute atomic E-state index is 10.8. The fourth-order valence-corrected chi connectivity index (χ4v) is 2.12. The summed E-state index contributed by atoms with van der Waals surface area (Å²) in [4.78, 5) is 14.9. The van der Waals surface area contributed by atoms with Crippen LogP contribution in [0.3, 0.4) is 0 Å². The fourth-order valence-electron chi connectivity index (χ4n) is 2.12. The second-order valence-corrected chi connectivity index (χ2v) is 4.54. The molecule has 1 aliphatic heterocycles. The lowest BCUT2D eigenvalue weighted by Crippen LogP contribution is -2.23. The van der Waals surface area contributed by atoms with Gasteiger partial charge in [0.25, 0.3) is 0 Å². The van der Waals surface area contributed by atoms with Crippen molar-refractivity contribution in [2.24, 2.45) is 11.8 Å². The predicted molar refractivity (Wildman–Crippen MR) is 55.8 cm³/mol. The number of carboxylic acid groups (broad SMARTS) is 1. The van der Waals surface area contributed by atoms with Crippen molar-refractivity contribution in [3.63, 3.8) is 0 Å². The van der Waals surface area contributed by atoms with E-state index in [1.165, 1.54) is 0 Å². The summed E-state index contributed by atoms with van der Waals surface area (Å²) < 4.78 is 2.00. The van der Waals surface area contributed by atoms with Crippen LogP contribution in [0.2, 0.25) is 0 Å². The van der Waals surface area contributed by atoms with E-state index in [0.717, 1.165) is 25.2 Å². The van der Waals surface area contributed by atoms with Crippen LogP contribution in [0.1, 0.15) is 36.6 Å². The minimum atomic E-state index is -0.932. The topological polar surface area (TPSA) is 55.1 Å². The van der Waals surface area contributed by atoms with Crippen LogP contribution >= 0.6 is 0 Å². The van der Waals surface area contributed by atoms with Gasteiger partial charge >= 0.3 is 5.97 Å². The molecule has 1 aliphatic rings. The maximum Gasteiger partial charge on any atom is 0.356 e. The van der Waals surface area contributed by atoms with Crippen LogP contribution in [0.5, 0.6) is 0 Å². The molecule has 0 spiro atoms. The molecule has 1 N–H and O–H groups in total. The zero-order chi connectivity index (χ0) is 11.0. The summed E-state index contributed by atoms with van der Waals surface area (Å²) in [5.41, 5.74) is 0.175. The highest BCUT2D eigenvalue weighted by Crippen LogP contribution is 2.25. The first kappa shape index (κ1) is 10.2. The lowest BCUT2D eigenvalue weighted by atomic mass is 9.89. The van der Waals surface area contributed by atoms with Crippen LogP contribution < -0.4 is 0 Å². The number of fused-ring (bicyclic) bond motifs is 1. The quantitative estimate of drug-likeness (QED) is 0.806. The average Bonchev–Trinajstić information content (AvgIpc) is 2.59. The Labute approximate surface area is 88.9 Å². The molecule has 4 nitrogen and oxygen atoms in total. The predicted octanol–water partition coefficient (Wildman–Crippen LogP) is 1.80. The fraction of sp³-hybridized carbons (Fsp3) is 0.636. The van der Waals surface area contributed by atoms with E-state index < -0.39 is 5.97 Å². The molecule has 4 heteroatoms. The van der Waals surface area contributed by atoms with E-state index >= 15 is 0 Å². The van der Waals surface area contributed by atoms with Crippen molar-refractivity contribution < 1.29 is 9.90 Å². The third-order valence-electron chi connectivity index (χ3n) is 3.19. The van der Waals surface area contributed by atoms with Crippen LogP contribution in [-0.2, 0) is 13.0 Å². The lowest BCUT2D eigenvalue weighted by Gasteiger charge is -2.26. The van der Waals surface area contributed by atoms with Gasteiger partial charge in [-0.3, -0.25) is 0 Å². The zero-order valence-electron chi connectivity index (χ0n) is 9.10. The summed E-state index contributed by atoms with van der Waals surface area (Å²) >= 11 is 0. The van der Waals surface area contributed by atoms with Crippen molar-refractivity contribution in [2.75, 3.05) is 0 Å². The van der Waals surface area contributed by atoms with Gasteiger partial charge in [0.1, 0.15) is 5.82 Å². The maximum atomic E-state index is 10.8. The molecule has 2 rings (SSSR count). The molecule has 0 saturated heterocycles. The molecule has 0 radical (unpaired) electrons. The van der Waals surface area contributed by atoms with Gasteiger partial charge in [-0.15, -0.1) is 0 Å². The van der Waals surface area contributed by atoms with Gasteiger partial charge in [0, 0.05) is 19.2 Å². The number of aromatic carboxylic acids is 1. The molecule has 2 heterocycles. The SMILES string of the molecule is CC(C)C1CCc2nc(C(=O)O)cn2C1. The third-order valence-corrected chi connectivity index (χ3v) is 3.19. The van der Waals surface area contributed by atoms with Crippen LogP contribution in [0, 0.1) is 11.8 Å². The van der Waals surface area contributed by atoms with Gasteiger partial charge in [-0.05, 0) is 18.3 Å². The number of aryl methyl sites for hydroxylation is 1. The van der Waals surface area contributed by atoms with Gasteiger partial charge in [-0.1, -0.05) is 13.8 Å². The Balaban J connectivity index is 2.23. The molecular formula is C11H16N2O2. The lowest BCUT2D eigenvalue weighted by molar-refractivity contribution is 0.0691. The second kappa shape index (κ2) is 3.68. The van der Waals surface area contributed by atoms with Crippen molar-refractivity contribution in [3.05, 3.63) is 17.7 Å². The van der Waals surface area contributed by atoms with Crippen molar-refractivity contribution in [1.29, 1.82) is 0 Å². The van der Waals surface area contributed by atoms with Crippen molar-refractivity contribution >= 4 is 5.97 Å². The van der Waals surface area contributed by atoms with Crippen LogP contribution in [0.15, 0.2) is 6.20 Å². The molecule has 1 aromatic heterocycles. The summed E-state index contributed by atoms with van der Waals surface area (Å²) in [6, 6.07) is 0. The molecule has 0 bridgehead atoms. The number of nitrogens with zero attached hydrogens (tertiary/aromatic N) is 2. The van der Waals surface area contributed by atoms with E-state index in [-0.39, 0.29) is 5.69 Å². The highest BCUT2D eigenvalue weighted by Gasteiger charge is 2.23. The van der Waals surface area contributed by atoms with E-state index in [1.54, 1.807) is 6.20 Å². The van der Waals surface area contributed by atoms with Gasteiger partial charge < -0.3 is 9.67 Å². The van der Waals surface area contributed by atoms with E-state index in [0.29, 0.717) is 11.8 Å². The van der Waals surface area contributed by atoms with Gasteiger partial charge in [-0.2, -0.15) is 0 Å². The number of hydrogen-bond acceptors (Lipinski definition) is 2. The minimum absolute atomic E-state index is 0.175. The molecule has 1 aromatic rings. The van der Waals surface area contributed by atoms with Gasteiger partial charge in [0.2, 0.25) is 0 Å². The number of imidazole rings is 1. The smallest absolute Gasteiger partial charge is 0.356 e. The number of carbonyl (C=O) groups is 1. The molecule has 1 unspecified atom stereocenters. The molecule has 0 amide bonds. The number of hydrogen-bond donors (Lipinski definition) is 1. The number of rotatable bonds is 2. The van der Waals surface area contributed by atoms with Crippen LogP contribution in [-0.4, -0.2) is 20.6 Å². The Morgan fingerprint density at radius 3 is 3.00 bits per heavy atom. The first-order chi connectivity index (χ1) is 7.08. The van der Waals surface area contributed by atoms with Gasteiger partial charge in [-0.25, -0.2) is 9.78 Å². The molecule has 0 fully saturated rings. The van der Waals surface area contributed by atoms with Gasteiger partial charge in [0.15, 0.2) is 5.69 Å². The van der Waals surface area contributed by atoms with Crippen LogP contribution in [0.4, 0.5) is 0 Å². The summed E-state index contributed by atoms with van der Waals surface area (Å²) in [7, 11) is 0. The molecule has 1 atom stereocenters. The highest BCUT2D eigenvalue weighted by atomic mass is 16.4. The standard InChI is InChI=1S/C11H16N2O2/c1-7(2)8-3-4-10-12-9(11(14)15)6-13(10)5-8/h6-8H,3-5H2,1-2H3,(H,14,15). The van der Waals surface area contributed by atoms with E-state index in [1.807, 2.05) is 4.57 Å². The zero-order valence-corrected chi connectivity index (χ0v) is 9.10. The first-order valence-corrected chi connectivity index (χ1v) is 5.37. The van der Waals surface area contributed by atoms with Gasteiger partial charge in [0.05, 0.1) is 0 Å². The summed E-state index contributed by atoms with van der Waals surface area (Å²) in [6.07, 6.45) is 3.68. The second-order valence-electron chi connectivity index (χ2n) is 4.54. The largest absolute Gasteiger partial charge is 0.476 e. The van der Waals surface area contributed by atoms with Crippen LogP contribution in [0.25, 0.3) is 0 Å². The third kappa shape index (κ3) is 1.89. The Bertz CT molecular complexity index is 382. The molecule has 15 heavy (non-hydrogen) atoms. The molecule has 0 saturated carbocycles. The molecule has 0 aromatic carbocycles. The highest BCUT2D eigenvalue weighted by molar-refractivity contribution is 5.85. The monoisotopic (exact) mass is 208 g/mol. The van der Waals surface area contributed by atoms with E-state index in [2.05, 4.69) is 18.8 Å². The molecular weight excluding hydrogens is 192 g/mol. The molecule has 0 aliphatic carbocycles. The van der Waals surface area contributed by atoms with E-state index in [4.69, 9.17) is 5.11 Å². The van der Waals surface area contributed by atoms with Crippen molar-refractivity contribution in [1.82, 2.24) is 9.55 Å². The van der Waals surface area contributed by atoms with E-state index in [9.17, 15) is 4.79 Å². The summed E-state index contributed by atoms with van der Waals surface area (Å²) in [6.45, 7) is 5.34. The number of aromatic nitrogens is 2. The minimum Gasteiger partial charge on any atom is -0.476 e. The Morgan fingerprint density at radius 1 is 1.67 bits per heavy atom. The summed E-state index contributed by atoms with van der Waals surface area (Å²) in [5, 5.41) is 8.83. The Hall–Kier alpha value is -1.32. The number of carboxylic acids is 1. The average molecular weight is 208 g/mol. The first-order valence-electron chi connectivity index (χ1n) is 5.37. The van der Waals surface area contributed by atoms with Crippen molar-refractivity contribution in [2.45, 2.75) is 33.2 Å². The Morgan fingerprint density at radius 2 is 2.40 bits per heavy atom.